The number of nitrogens with one attached hydrogen (secondary N) is 2. The first-order valence-electron chi connectivity index (χ1n) is 7.71. The van der Waals surface area contributed by atoms with Crippen LogP contribution in [0.1, 0.15) is 25.8 Å². The van der Waals surface area contributed by atoms with Crippen molar-refractivity contribution in [1.82, 2.24) is 10.6 Å². The van der Waals surface area contributed by atoms with E-state index in [9.17, 15) is 13.2 Å². The van der Waals surface area contributed by atoms with E-state index in [1.807, 2.05) is 13.8 Å². The van der Waals surface area contributed by atoms with Gasteiger partial charge in [-0.2, -0.15) is 0 Å². The topological polar surface area (TPSA) is 54.9 Å². The predicted octanol–water partition coefficient (Wildman–Crippen LogP) is 3.68. The van der Waals surface area contributed by atoms with Crippen molar-refractivity contribution in [3.8, 4) is 5.75 Å². The van der Waals surface area contributed by atoms with Crippen molar-refractivity contribution in [2.45, 2.75) is 39.3 Å². The monoisotopic (exact) mass is 475 g/mol. The molecule has 0 unspecified atom stereocenters. The van der Waals surface area contributed by atoms with Crippen LogP contribution in [0.2, 0.25) is 0 Å². The zero-order valence-electron chi connectivity index (χ0n) is 14.5. The highest BCUT2D eigenvalue weighted by Gasteiger charge is 2.31. The Morgan fingerprint density at radius 3 is 2.48 bits per heavy atom. The van der Waals surface area contributed by atoms with Crippen molar-refractivity contribution in [1.29, 1.82) is 0 Å². The highest BCUT2D eigenvalue weighted by Crippen LogP contribution is 2.25. The van der Waals surface area contributed by atoms with E-state index in [2.05, 4.69) is 20.4 Å². The number of rotatable bonds is 8. The minimum atomic E-state index is -4.72. The van der Waals surface area contributed by atoms with E-state index in [1.54, 1.807) is 19.2 Å². The van der Waals surface area contributed by atoms with Gasteiger partial charge in [0.2, 0.25) is 0 Å². The third kappa shape index (κ3) is 11.1. The lowest BCUT2D eigenvalue weighted by atomic mass is 10.2. The maximum Gasteiger partial charge on any atom is 0.573 e. The first-order valence-corrected chi connectivity index (χ1v) is 7.71. The summed E-state index contributed by atoms with van der Waals surface area (Å²) in [7, 11) is 1.60. The van der Waals surface area contributed by atoms with E-state index in [4.69, 9.17) is 4.74 Å². The van der Waals surface area contributed by atoms with Crippen LogP contribution in [0.5, 0.6) is 5.75 Å². The van der Waals surface area contributed by atoms with Crippen molar-refractivity contribution >= 4 is 29.9 Å². The number of guanidine groups is 1. The summed E-state index contributed by atoms with van der Waals surface area (Å²) in [4.78, 5) is 4.03. The van der Waals surface area contributed by atoms with Gasteiger partial charge in [-0.1, -0.05) is 18.2 Å². The number of halogens is 4. The summed E-state index contributed by atoms with van der Waals surface area (Å²) >= 11 is 0. The number of benzene rings is 1. The van der Waals surface area contributed by atoms with Crippen LogP contribution in [0.4, 0.5) is 13.2 Å². The van der Waals surface area contributed by atoms with Gasteiger partial charge >= 0.3 is 6.36 Å². The second-order valence-corrected chi connectivity index (χ2v) is 5.28. The van der Waals surface area contributed by atoms with Crippen molar-refractivity contribution in [2.75, 3.05) is 20.2 Å². The van der Waals surface area contributed by atoms with Crippen molar-refractivity contribution < 1.29 is 22.6 Å². The Hall–Kier alpha value is -1.23. The van der Waals surface area contributed by atoms with Crippen LogP contribution in [0.15, 0.2) is 29.3 Å². The molecule has 0 radical (unpaired) electrons. The summed E-state index contributed by atoms with van der Waals surface area (Å²) in [6.07, 6.45) is -3.73. The molecule has 0 heterocycles. The Morgan fingerprint density at radius 2 is 1.88 bits per heavy atom. The highest BCUT2D eigenvalue weighted by molar-refractivity contribution is 14.0. The summed E-state index contributed by atoms with van der Waals surface area (Å²) in [5.41, 5.74) is 0.390. The number of aliphatic imine (C=N–C) groups is 1. The van der Waals surface area contributed by atoms with Gasteiger partial charge in [0.1, 0.15) is 5.75 Å². The number of nitrogens with zero attached hydrogens (tertiary/aromatic N) is 1. The molecule has 25 heavy (non-hydrogen) atoms. The molecule has 0 aliphatic rings. The minimum absolute atomic E-state index is 0. The molecular weight excluding hydrogens is 450 g/mol. The molecule has 0 amide bonds. The fraction of sp³-hybridized carbons (Fsp3) is 0.562. The Labute approximate surface area is 163 Å². The summed E-state index contributed by atoms with van der Waals surface area (Å²) < 4.78 is 46.6. The fourth-order valence-electron chi connectivity index (χ4n) is 1.87. The summed E-state index contributed by atoms with van der Waals surface area (Å²) in [5.74, 6) is 0.277. The Morgan fingerprint density at radius 1 is 1.20 bits per heavy atom. The number of alkyl halides is 3. The average molecular weight is 475 g/mol. The van der Waals surface area contributed by atoms with Gasteiger partial charge in [0.15, 0.2) is 5.96 Å². The number of ether oxygens (including phenoxy) is 2. The maximum absolute atomic E-state index is 12.4. The van der Waals surface area contributed by atoms with E-state index in [0.29, 0.717) is 24.7 Å². The van der Waals surface area contributed by atoms with Gasteiger partial charge in [0, 0.05) is 32.3 Å². The Kier molecular flexibility index (Phi) is 11.6. The first-order chi connectivity index (χ1) is 11.3. The lowest BCUT2D eigenvalue weighted by Crippen LogP contribution is -2.37. The third-order valence-electron chi connectivity index (χ3n) is 2.93. The van der Waals surface area contributed by atoms with E-state index >= 15 is 0 Å². The van der Waals surface area contributed by atoms with E-state index < -0.39 is 6.36 Å². The van der Waals surface area contributed by atoms with Crippen LogP contribution in [-0.2, 0) is 11.3 Å². The molecule has 5 nitrogen and oxygen atoms in total. The number of hydrogen-bond donors (Lipinski definition) is 2. The molecule has 0 bridgehead atoms. The standard InChI is InChI=1S/C16H24F3N3O2.HI/c1-12(2)23-10-6-9-21-15(20-3)22-11-13-7-4-5-8-14(13)24-16(17,18)19;/h4-5,7-8,12H,6,9-11H2,1-3H3,(H2,20,21,22);1H. The van der Waals surface area contributed by atoms with Gasteiger partial charge in [-0.15, -0.1) is 37.1 Å². The van der Waals surface area contributed by atoms with Gasteiger partial charge in [-0.05, 0) is 26.3 Å². The molecular formula is C16H25F3IN3O2. The first kappa shape index (κ1) is 23.8. The van der Waals surface area contributed by atoms with E-state index in [1.165, 1.54) is 12.1 Å². The molecule has 0 spiro atoms. The average Bonchev–Trinajstić information content (AvgIpc) is 2.49. The maximum atomic E-state index is 12.4. The SMILES string of the molecule is CN=C(NCCCOC(C)C)NCc1ccccc1OC(F)(F)F.I. The molecule has 2 N–H and O–H groups in total. The quantitative estimate of drug-likeness (QED) is 0.261. The molecule has 1 aromatic carbocycles. The van der Waals surface area contributed by atoms with Gasteiger partial charge in [0.25, 0.3) is 0 Å². The molecule has 1 aromatic rings. The van der Waals surface area contributed by atoms with Crippen molar-refractivity contribution in [3.63, 3.8) is 0 Å². The smallest absolute Gasteiger partial charge is 0.405 e. The summed E-state index contributed by atoms with van der Waals surface area (Å²) in [6.45, 7) is 5.37. The molecule has 0 atom stereocenters. The third-order valence-corrected chi connectivity index (χ3v) is 2.93. The van der Waals surface area contributed by atoms with Gasteiger partial charge in [0.05, 0.1) is 6.10 Å². The van der Waals surface area contributed by atoms with Crippen molar-refractivity contribution in [3.05, 3.63) is 29.8 Å². The predicted molar refractivity (Wildman–Crippen MR) is 102 cm³/mol. The highest BCUT2D eigenvalue weighted by atomic mass is 127. The van der Waals surface area contributed by atoms with Crippen LogP contribution >= 0.6 is 24.0 Å². The van der Waals surface area contributed by atoms with Gasteiger partial charge in [-0.25, -0.2) is 0 Å². The molecule has 9 heteroatoms. The van der Waals surface area contributed by atoms with Crippen LogP contribution in [0.3, 0.4) is 0 Å². The molecule has 0 saturated carbocycles. The largest absolute Gasteiger partial charge is 0.573 e. The lowest BCUT2D eigenvalue weighted by Gasteiger charge is -2.15. The number of hydrogen-bond acceptors (Lipinski definition) is 3. The molecule has 0 aliphatic carbocycles. The molecule has 0 saturated heterocycles. The normalized spacial score (nSPS) is 11.9. The van der Waals surface area contributed by atoms with E-state index in [-0.39, 0.29) is 42.4 Å². The van der Waals surface area contributed by atoms with Gasteiger partial charge < -0.3 is 20.1 Å². The second kappa shape index (κ2) is 12.2. The molecule has 0 fully saturated rings. The van der Waals surface area contributed by atoms with Crippen LogP contribution in [0.25, 0.3) is 0 Å². The Balaban J connectivity index is 0.00000576. The summed E-state index contributed by atoms with van der Waals surface area (Å²) in [6, 6.07) is 5.99. The molecule has 144 valence electrons. The van der Waals surface area contributed by atoms with Crippen LogP contribution in [0, 0.1) is 0 Å². The van der Waals surface area contributed by atoms with Crippen LogP contribution in [-0.4, -0.2) is 38.6 Å². The zero-order chi connectivity index (χ0) is 18.0. The zero-order valence-corrected chi connectivity index (χ0v) is 16.9. The molecule has 0 aromatic heterocycles. The molecule has 0 aliphatic heterocycles. The second-order valence-electron chi connectivity index (χ2n) is 5.28. The summed E-state index contributed by atoms with van der Waals surface area (Å²) in [5, 5.41) is 6.04. The lowest BCUT2D eigenvalue weighted by molar-refractivity contribution is -0.274. The Bertz CT molecular complexity index is 526. The van der Waals surface area contributed by atoms with Gasteiger partial charge in [-0.3, -0.25) is 4.99 Å². The number of para-hydroxylation sites is 1. The van der Waals surface area contributed by atoms with Crippen molar-refractivity contribution in [2.24, 2.45) is 4.99 Å². The van der Waals surface area contributed by atoms with Crippen LogP contribution < -0.4 is 15.4 Å². The molecule has 1 rings (SSSR count). The minimum Gasteiger partial charge on any atom is -0.405 e. The fourth-order valence-corrected chi connectivity index (χ4v) is 1.87. The van der Waals surface area contributed by atoms with E-state index in [0.717, 1.165) is 6.42 Å².